The largest absolute Gasteiger partial charge is 0.489 e. The number of hydrogen-bond acceptors (Lipinski definition) is 3. The highest BCUT2D eigenvalue weighted by atomic mass is 16.5. The van der Waals surface area contributed by atoms with Crippen LogP contribution in [0, 0.1) is 0 Å². The van der Waals surface area contributed by atoms with Crippen LogP contribution in [0.25, 0.3) is 10.9 Å². The lowest BCUT2D eigenvalue weighted by Gasteiger charge is -2.29. The summed E-state index contributed by atoms with van der Waals surface area (Å²) in [6.07, 6.45) is 0.763. The highest BCUT2D eigenvalue weighted by Crippen LogP contribution is 2.38. The minimum Gasteiger partial charge on any atom is -0.489 e. The summed E-state index contributed by atoms with van der Waals surface area (Å²) >= 11 is 0. The molecule has 3 aromatic rings. The normalized spacial score (nSPS) is 19.3. The summed E-state index contributed by atoms with van der Waals surface area (Å²) in [4.78, 5) is 15.1. The van der Waals surface area contributed by atoms with E-state index in [9.17, 15) is 9.90 Å². The third-order valence-corrected chi connectivity index (χ3v) is 5.12. The first-order chi connectivity index (χ1) is 12.7. The van der Waals surface area contributed by atoms with Gasteiger partial charge in [-0.3, -0.25) is 10.1 Å². The van der Waals surface area contributed by atoms with Crippen LogP contribution in [0.1, 0.15) is 36.1 Å². The first-order valence-corrected chi connectivity index (χ1v) is 8.94. The van der Waals surface area contributed by atoms with Crippen LogP contribution in [0.5, 0.6) is 5.75 Å². The van der Waals surface area contributed by atoms with E-state index in [1.54, 1.807) is 0 Å². The Hall–Kier alpha value is -2.79. The predicted molar refractivity (Wildman–Crippen MR) is 100 cm³/mol. The maximum absolute atomic E-state index is 11.6. The number of aliphatic carboxylic acids is 1. The summed E-state index contributed by atoms with van der Waals surface area (Å²) in [6.45, 7) is 3.08. The Kier molecular flexibility index (Phi) is 4.39. The van der Waals surface area contributed by atoms with Crippen LogP contribution < -0.4 is 10.1 Å². The van der Waals surface area contributed by atoms with Gasteiger partial charge in [0.15, 0.2) is 0 Å². The zero-order chi connectivity index (χ0) is 18.1. The Balaban J connectivity index is 1.67. The summed E-state index contributed by atoms with van der Waals surface area (Å²) in [5.41, 5.74) is 4.32. The molecule has 134 valence electrons. The molecule has 3 N–H and O–H groups in total. The van der Waals surface area contributed by atoms with Crippen LogP contribution in [0.4, 0.5) is 0 Å². The van der Waals surface area contributed by atoms with Crippen molar-refractivity contribution in [3.63, 3.8) is 0 Å². The zero-order valence-electron chi connectivity index (χ0n) is 14.7. The van der Waals surface area contributed by atoms with Gasteiger partial charge in [-0.15, -0.1) is 0 Å². The van der Waals surface area contributed by atoms with Gasteiger partial charge in [0, 0.05) is 29.1 Å². The molecule has 0 bridgehead atoms. The molecule has 4 rings (SSSR count). The first-order valence-electron chi connectivity index (χ1n) is 8.94. The number of hydrogen-bond donors (Lipinski definition) is 3. The van der Waals surface area contributed by atoms with Crippen molar-refractivity contribution in [3.8, 4) is 5.75 Å². The van der Waals surface area contributed by atoms with Gasteiger partial charge in [-0.05, 0) is 35.7 Å². The van der Waals surface area contributed by atoms with Gasteiger partial charge in [-0.1, -0.05) is 37.3 Å². The van der Waals surface area contributed by atoms with Crippen molar-refractivity contribution >= 4 is 16.9 Å². The zero-order valence-corrected chi connectivity index (χ0v) is 14.7. The summed E-state index contributed by atoms with van der Waals surface area (Å²) < 4.78 is 5.96. The van der Waals surface area contributed by atoms with Crippen LogP contribution in [-0.4, -0.2) is 22.1 Å². The molecule has 5 heteroatoms. The number of nitrogens with one attached hydrogen (secondary N) is 2. The molecule has 2 atom stereocenters. The SMILES string of the molecule is CCC1c2c([nH]c3ccc(OCc4ccccc4)cc23)CNC1C(=O)O. The average Bonchev–Trinajstić information content (AvgIpc) is 3.04. The third kappa shape index (κ3) is 2.95. The van der Waals surface area contributed by atoms with Gasteiger partial charge in [0.2, 0.25) is 0 Å². The lowest BCUT2D eigenvalue weighted by molar-refractivity contribution is -0.140. The number of carboxylic acid groups (broad SMARTS) is 1. The Morgan fingerprint density at radius 3 is 2.77 bits per heavy atom. The minimum atomic E-state index is -0.798. The van der Waals surface area contributed by atoms with Gasteiger partial charge in [0.05, 0.1) is 0 Å². The van der Waals surface area contributed by atoms with E-state index in [-0.39, 0.29) is 5.92 Å². The Bertz CT molecular complexity index is 933. The number of rotatable bonds is 5. The lowest BCUT2D eigenvalue weighted by Crippen LogP contribution is -2.44. The highest BCUT2D eigenvalue weighted by Gasteiger charge is 2.35. The molecule has 2 heterocycles. The molecule has 2 aromatic carbocycles. The third-order valence-electron chi connectivity index (χ3n) is 5.12. The second-order valence-electron chi connectivity index (χ2n) is 6.71. The highest BCUT2D eigenvalue weighted by molar-refractivity contribution is 5.88. The average molecular weight is 350 g/mol. The summed E-state index contributed by atoms with van der Waals surface area (Å²) in [5.74, 6) is -0.0638. The molecular formula is C21H22N2O3. The molecule has 1 aliphatic rings. The fourth-order valence-electron chi connectivity index (χ4n) is 3.86. The number of H-pyrrole nitrogens is 1. The molecule has 0 radical (unpaired) electrons. The van der Waals surface area contributed by atoms with Crippen molar-refractivity contribution in [1.29, 1.82) is 0 Å². The van der Waals surface area contributed by atoms with Crippen LogP contribution in [0.3, 0.4) is 0 Å². The molecule has 5 nitrogen and oxygen atoms in total. The number of carboxylic acids is 1. The minimum absolute atomic E-state index is 0.0608. The molecule has 26 heavy (non-hydrogen) atoms. The first kappa shape index (κ1) is 16.7. The van der Waals surface area contributed by atoms with Crippen molar-refractivity contribution in [1.82, 2.24) is 10.3 Å². The van der Waals surface area contributed by atoms with Gasteiger partial charge >= 0.3 is 5.97 Å². The predicted octanol–water partition coefficient (Wildman–Crippen LogP) is 3.80. The second kappa shape index (κ2) is 6.84. The van der Waals surface area contributed by atoms with E-state index < -0.39 is 12.0 Å². The summed E-state index contributed by atoms with van der Waals surface area (Å²) in [5, 5.41) is 13.7. The van der Waals surface area contributed by atoms with E-state index in [4.69, 9.17) is 4.74 Å². The van der Waals surface area contributed by atoms with Crippen LogP contribution in [-0.2, 0) is 17.9 Å². The molecule has 0 amide bonds. The van der Waals surface area contributed by atoms with Gasteiger partial charge in [0.25, 0.3) is 0 Å². The molecule has 2 unspecified atom stereocenters. The van der Waals surface area contributed by atoms with Crippen molar-refractivity contribution in [3.05, 3.63) is 65.4 Å². The van der Waals surface area contributed by atoms with Crippen molar-refractivity contribution in [2.24, 2.45) is 0 Å². The number of aromatic amines is 1. The Morgan fingerprint density at radius 2 is 2.04 bits per heavy atom. The van der Waals surface area contributed by atoms with Crippen LogP contribution >= 0.6 is 0 Å². The van der Waals surface area contributed by atoms with Crippen LogP contribution in [0.15, 0.2) is 48.5 Å². The van der Waals surface area contributed by atoms with Gasteiger partial charge < -0.3 is 14.8 Å². The maximum atomic E-state index is 11.6. The quantitative estimate of drug-likeness (QED) is 0.654. The lowest BCUT2D eigenvalue weighted by atomic mass is 9.84. The monoisotopic (exact) mass is 350 g/mol. The van der Waals surface area contributed by atoms with Crippen molar-refractivity contribution < 1.29 is 14.6 Å². The fraction of sp³-hybridized carbons (Fsp3) is 0.286. The topological polar surface area (TPSA) is 74.3 Å². The molecular weight excluding hydrogens is 328 g/mol. The number of ether oxygens (including phenoxy) is 1. The molecule has 1 aliphatic heterocycles. The smallest absolute Gasteiger partial charge is 0.321 e. The van der Waals surface area contributed by atoms with Gasteiger partial charge in [0.1, 0.15) is 18.4 Å². The van der Waals surface area contributed by atoms with E-state index >= 15 is 0 Å². The Labute approximate surface area is 152 Å². The van der Waals surface area contributed by atoms with E-state index in [1.807, 2.05) is 55.5 Å². The van der Waals surface area contributed by atoms with Gasteiger partial charge in [-0.2, -0.15) is 0 Å². The van der Waals surface area contributed by atoms with Crippen molar-refractivity contribution in [2.45, 2.75) is 38.5 Å². The number of carbonyl (C=O) groups is 1. The molecule has 0 aliphatic carbocycles. The molecule has 0 fully saturated rings. The Morgan fingerprint density at radius 1 is 1.23 bits per heavy atom. The summed E-state index contributed by atoms with van der Waals surface area (Å²) in [6, 6.07) is 15.5. The number of benzene rings is 2. The molecule has 1 aromatic heterocycles. The second-order valence-corrected chi connectivity index (χ2v) is 6.71. The molecule has 0 spiro atoms. The van der Waals surface area contributed by atoms with E-state index in [2.05, 4.69) is 10.3 Å². The number of aromatic nitrogens is 1. The van der Waals surface area contributed by atoms with E-state index in [0.717, 1.165) is 39.9 Å². The van der Waals surface area contributed by atoms with E-state index in [1.165, 1.54) is 0 Å². The fourth-order valence-corrected chi connectivity index (χ4v) is 3.86. The van der Waals surface area contributed by atoms with Crippen molar-refractivity contribution in [2.75, 3.05) is 0 Å². The number of fused-ring (bicyclic) bond motifs is 3. The van der Waals surface area contributed by atoms with Gasteiger partial charge in [-0.25, -0.2) is 0 Å². The summed E-state index contributed by atoms with van der Waals surface area (Å²) in [7, 11) is 0. The van der Waals surface area contributed by atoms with Crippen LogP contribution in [0.2, 0.25) is 0 Å². The molecule has 0 saturated heterocycles. The maximum Gasteiger partial charge on any atom is 0.321 e. The standard InChI is InChI=1S/C21H22N2O3/c1-2-15-19-16-10-14(26-12-13-6-4-3-5-7-13)8-9-17(16)23-18(19)11-22-20(15)21(24)25/h3-10,15,20,22-23H,2,11-12H2,1H3,(H,24,25). The van der Waals surface area contributed by atoms with E-state index in [0.29, 0.717) is 13.2 Å². The molecule has 0 saturated carbocycles.